The van der Waals surface area contributed by atoms with Crippen molar-refractivity contribution in [3.8, 4) is 0 Å². The van der Waals surface area contributed by atoms with E-state index in [0.29, 0.717) is 0 Å². The van der Waals surface area contributed by atoms with E-state index in [1.165, 1.54) is 25.7 Å². The molecule has 1 saturated carbocycles. The topological polar surface area (TPSA) is 53.5 Å². The van der Waals surface area contributed by atoms with Crippen LogP contribution in [0, 0.1) is 5.92 Å². The number of hydrogen-bond acceptors (Lipinski definition) is 3. The number of carbonyl (C=O) groups excluding carboxylic acids is 1. The summed E-state index contributed by atoms with van der Waals surface area (Å²) in [5.74, 6) is 1.86. The number of nitrogens with one attached hydrogen (secondary N) is 2. The predicted octanol–water partition coefficient (Wildman–Crippen LogP) is 1.76. The Morgan fingerprint density at radius 2 is 2.44 bits per heavy atom. The summed E-state index contributed by atoms with van der Waals surface area (Å²) in [6.07, 6.45) is 5.10. The number of thioether (sulfide) groups is 1. The first-order chi connectivity index (χ1) is 8.54. The van der Waals surface area contributed by atoms with Crippen LogP contribution in [0.4, 0.5) is 0 Å². The summed E-state index contributed by atoms with van der Waals surface area (Å²) in [5, 5.41) is 7.16. The van der Waals surface area contributed by atoms with Crippen molar-refractivity contribution in [3.05, 3.63) is 0 Å². The average Bonchev–Trinajstić information content (AvgIpc) is 2.70. The van der Waals surface area contributed by atoms with Gasteiger partial charge in [-0.15, -0.1) is 0 Å². The van der Waals surface area contributed by atoms with Crippen molar-refractivity contribution in [1.82, 2.24) is 10.6 Å². The van der Waals surface area contributed by atoms with Crippen LogP contribution >= 0.6 is 11.8 Å². The third-order valence-corrected chi connectivity index (χ3v) is 5.06. The quantitative estimate of drug-likeness (QED) is 0.803. The first-order valence-corrected chi connectivity index (χ1v) is 7.73. The minimum absolute atomic E-state index is 0.0251. The first kappa shape index (κ1) is 13.7. The lowest BCUT2D eigenvalue weighted by Crippen LogP contribution is -2.47. The number of rotatable bonds is 2. The molecule has 1 saturated heterocycles. The van der Waals surface area contributed by atoms with Gasteiger partial charge in [-0.05, 0) is 25.7 Å². The number of nitrogens with zero attached hydrogens (tertiary/aromatic N) is 1. The van der Waals surface area contributed by atoms with Gasteiger partial charge in [0.25, 0.3) is 0 Å². The normalized spacial score (nSPS) is 35.5. The molecule has 1 aliphatic heterocycles. The van der Waals surface area contributed by atoms with E-state index in [4.69, 9.17) is 0 Å². The highest BCUT2D eigenvalue weighted by Crippen LogP contribution is 2.38. The Morgan fingerprint density at radius 1 is 1.67 bits per heavy atom. The van der Waals surface area contributed by atoms with Gasteiger partial charge in [-0.2, -0.15) is 0 Å². The van der Waals surface area contributed by atoms with Crippen LogP contribution in [0.15, 0.2) is 4.99 Å². The van der Waals surface area contributed by atoms with Crippen LogP contribution in [0.3, 0.4) is 0 Å². The molecule has 0 aromatic rings. The van der Waals surface area contributed by atoms with Gasteiger partial charge in [0.1, 0.15) is 6.04 Å². The molecule has 5 heteroatoms. The maximum atomic E-state index is 11.5. The zero-order chi connectivity index (χ0) is 13.2. The monoisotopic (exact) mass is 269 g/mol. The molecule has 4 nitrogen and oxygen atoms in total. The summed E-state index contributed by atoms with van der Waals surface area (Å²) in [4.78, 5) is 15.9. The molecule has 1 heterocycles. The van der Waals surface area contributed by atoms with Gasteiger partial charge in [-0.1, -0.05) is 31.5 Å². The van der Waals surface area contributed by atoms with Crippen molar-refractivity contribution in [1.29, 1.82) is 0 Å². The van der Waals surface area contributed by atoms with Crippen molar-refractivity contribution >= 4 is 22.8 Å². The molecule has 3 unspecified atom stereocenters. The van der Waals surface area contributed by atoms with Gasteiger partial charge in [0.2, 0.25) is 5.91 Å². The summed E-state index contributed by atoms with van der Waals surface area (Å²) < 4.78 is 0. The molecule has 102 valence electrons. The second kappa shape index (κ2) is 5.51. The summed E-state index contributed by atoms with van der Waals surface area (Å²) in [7, 11) is 1.65. The maximum Gasteiger partial charge on any atom is 0.244 e. The molecular formula is C13H23N3OS. The van der Waals surface area contributed by atoms with Crippen LogP contribution in [0.1, 0.15) is 39.5 Å². The molecular weight excluding hydrogens is 246 g/mol. The van der Waals surface area contributed by atoms with Crippen LogP contribution in [0.25, 0.3) is 0 Å². The third-order valence-electron chi connectivity index (χ3n) is 3.89. The van der Waals surface area contributed by atoms with E-state index in [-0.39, 0.29) is 17.5 Å². The molecule has 3 atom stereocenters. The number of hydrogen-bond donors (Lipinski definition) is 2. The highest BCUT2D eigenvalue weighted by atomic mass is 32.2. The van der Waals surface area contributed by atoms with Crippen molar-refractivity contribution in [2.24, 2.45) is 10.9 Å². The molecule has 0 aromatic carbocycles. The molecule has 18 heavy (non-hydrogen) atoms. The number of carbonyl (C=O) groups is 1. The Morgan fingerprint density at radius 3 is 3.11 bits per heavy atom. The second-order valence-electron chi connectivity index (χ2n) is 5.62. The van der Waals surface area contributed by atoms with Crippen molar-refractivity contribution in [3.63, 3.8) is 0 Å². The van der Waals surface area contributed by atoms with Crippen molar-refractivity contribution in [2.75, 3.05) is 12.8 Å². The molecule has 0 bridgehead atoms. The lowest BCUT2D eigenvalue weighted by molar-refractivity contribution is -0.121. The van der Waals surface area contributed by atoms with Crippen LogP contribution in [0.5, 0.6) is 0 Å². The molecule has 2 aliphatic rings. The molecule has 1 amide bonds. The van der Waals surface area contributed by atoms with Crippen molar-refractivity contribution < 1.29 is 4.79 Å². The highest BCUT2D eigenvalue weighted by Gasteiger charge is 2.40. The Labute approximate surface area is 113 Å². The van der Waals surface area contributed by atoms with Gasteiger partial charge in [-0.25, -0.2) is 4.99 Å². The largest absolute Gasteiger partial charge is 0.359 e. The van der Waals surface area contributed by atoms with Gasteiger partial charge in [0, 0.05) is 18.3 Å². The van der Waals surface area contributed by atoms with Gasteiger partial charge in [0.15, 0.2) is 5.17 Å². The van der Waals surface area contributed by atoms with E-state index in [9.17, 15) is 4.79 Å². The second-order valence-corrected chi connectivity index (χ2v) is 6.58. The lowest BCUT2D eigenvalue weighted by atomic mass is 9.78. The van der Waals surface area contributed by atoms with Gasteiger partial charge < -0.3 is 10.6 Å². The fourth-order valence-electron chi connectivity index (χ4n) is 2.92. The lowest BCUT2D eigenvalue weighted by Gasteiger charge is -2.36. The van der Waals surface area contributed by atoms with E-state index >= 15 is 0 Å². The smallest absolute Gasteiger partial charge is 0.244 e. The summed E-state index contributed by atoms with van der Waals surface area (Å²) >= 11 is 1.76. The van der Waals surface area contributed by atoms with Crippen LogP contribution in [-0.4, -0.2) is 35.5 Å². The fraction of sp³-hybridized carbons (Fsp3) is 0.846. The average molecular weight is 269 g/mol. The summed E-state index contributed by atoms with van der Waals surface area (Å²) in [5.41, 5.74) is 0.240. The number of likely N-dealkylation sites (N-methyl/N-ethyl adjacent to an activating group) is 1. The van der Waals surface area contributed by atoms with Gasteiger partial charge in [0.05, 0.1) is 0 Å². The summed E-state index contributed by atoms with van der Waals surface area (Å²) in [6, 6.07) is -0.304. The van der Waals surface area contributed by atoms with E-state index in [1.54, 1.807) is 18.8 Å². The molecule has 0 radical (unpaired) electrons. The molecule has 2 fully saturated rings. The fourth-order valence-corrected chi connectivity index (χ4v) is 4.19. The van der Waals surface area contributed by atoms with Crippen LogP contribution in [0.2, 0.25) is 0 Å². The number of aliphatic imine (C=N–C) groups is 1. The molecule has 2 N–H and O–H groups in total. The van der Waals surface area contributed by atoms with E-state index in [2.05, 4.69) is 22.5 Å². The number of amides is 1. The summed E-state index contributed by atoms with van der Waals surface area (Å²) in [6.45, 7) is 4.16. The minimum atomic E-state index is -0.304. The zero-order valence-electron chi connectivity index (χ0n) is 11.5. The third kappa shape index (κ3) is 2.99. The van der Waals surface area contributed by atoms with E-state index in [1.807, 2.05) is 6.92 Å². The van der Waals surface area contributed by atoms with E-state index < -0.39 is 0 Å². The zero-order valence-corrected chi connectivity index (χ0v) is 12.3. The van der Waals surface area contributed by atoms with E-state index in [0.717, 1.165) is 16.8 Å². The Kier molecular flexibility index (Phi) is 4.20. The van der Waals surface area contributed by atoms with Crippen molar-refractivity contribution in [2.45, 2.75) is 51.1 Å². The maximum absolute atomic E-state index is 11.5. The number of amidine groups is 1. The Balaban J connectivity index is 1.99. The molecule has 1 spiro atoms. The standard InChI is InChI=1S/C13H23N3OS/c1-9-5-4-6-13(7-9)8-18-12(16-13)15-10(2)11(17)14-3/h9-10H,4-8H2,1-3H3,(H,14,17)(H,15,16). The van der Waals surface area contributed by atoms with Gasteiger partial charge in [-0.3, -0.25) is 4.79 Å². The van der Waals surface area contributed by atoms with Gasteiger partial charge >= 0.3 is 0 Å². The van der Waals surface area contributed by atoms with Crippen LogP contribution < -0.4 is 10.6 Å². The Bertz CT molecular complexity index is 358. The predicted molar refractivity (Wildman–Crippen MR) is 76.9 cm³/mol. The Hall–Kier alpha value is -0.710. The van der Waals surface area contributed by atoms with Crippen LogP contribution in [-0.2, 0) is 4.79 Å². The molecule has 0 aromatic heterocycles. The SMILES string of the molecule is CNC(=O)C(C)N=C1NC2(CCCC(C)C2)CS1. The molecule has 2 rings (SSSR count). The molecule has 1 aliphatic carbocycles. The highest BCUT2D eigenvalue weighted by molar-refractivity contribution is 8.14. The minimum Gasteiger partial charge on any atom is -0.359 e. The first-order valence-electron chi connectivity index (χ1n) is 6.75.